The summed E-state index contributed by atoms with van der Waals surface area (Å²) in [6.07, 6.45) is 38.0. The monoisotopic (exact) mass is 1070 g/mol. The number of phenols is 2. The first kappa shape index (κ1) is 50.2. The van der Waals surface area contributed by atoms with E-state index in [2.05, 4.69) is 186 Å². The van der Waals surface area contributed by atoms with E-state index in [4.69, 9.17) is 0 Å². The van der Waals surface area contributed by atoms with Gasteiger partial charge in [-0.25, -0.2) is 36.5 Å². The summed E-state index contributed by atoms with van der Waals surface area (Å²) in [6, 6.07) is 22.7. The molecule has 16 bridgehead atoms. The molecule has 0 radical (unpaired) electrons. The van der Waals surface area contributed by atoms with E-state index in [-0.39, 0.29) is 23.0 Å². The highest BCUT2D eigenvalue weighted by Gasteiger charge is 2.56. The second-order valence-electron chi connectivity index (χ2n) is 26.6. The molecule has 8 heterocycles. The number of aliphatic hydroxyl groups is 2. The van der Waals surface area contributed by atoms with Crippen LogP contribution in [0.4, 0.5) is 0 Å². The van der Waals surface area contributed by atoms with Crippen molar-refractivity contribution < 1.29 is 38.7 Å². The molecule has 18 rings (SSSR count). The Bertz CT molecular complexity index is 3410. The van der Waals surface area contributed by atoms with Crippen molar-refractivity contribution >= 4 is 0 Å². The summed E-state index contributed by atoms with van der Waals surface area (Å²) in [7, 11) is 0. The predicted molar refractivity (Wildman–Crippen MR) is 302 cm³/mol. The summed E-state index contributed by atoms with van der Waals surface area (Å²) in [5.74, 6) is 3.93. The van der Waals surface area contributed by atoms with E-state index in [9.17, 15) is 20.4 Å². The van der Waals surface area contributed by atoms with Crippen molar-refractivity contribution in [2.24, 2.45) is 34.5 Å². The van der Waals surface area contributed by atoms with Gasteiger partial charge in [-0.1, -0.05) is 62.4 Å². The fraction of sp³-hybridized carbons (Fsp3) is 0.471. The maximum Gasteiger partial charge on any atom is 0.244 e. The third-order valence-electron chi connectivity index (χ3n) is 22.2. The number of aliphatic hydroxyl groups excluding tert-OH is 2. The van der Waals surface area contributed by atoms with Gasteiger partial charge in [-0.05, 0) is 180 Å². The summed E-state index contributed by atoms with van der Waals surface area (Å²) >= 11 is 0. The van der Waals surface area contributed by atoms with E-state index in [0.717, 1.165) is 125 Å². The van der Waals surface area contributed by atoms with Crippen molar-refractivity contribution in [1.29, 1.82) is 0 Å². The number of hydrogen-bond acceptors (Lipinski definition) is 4. The zero-order valence-corrected chi connectivity index (χ0v) is 46.8. The molecule has 4 N–H and O–H groups in total. The van der Waals surface area contributed by atoms with Gasteiger partial charge < -0.3 is 20.4 Å². The van der Waals surface area contributed by atoms with Gasteiger partial charge in [-0.2, -0.15) is 0 Å². The molecule has 80 heavy (non-hydrogen) atoms. The number of imidazole rings is 4. The van der Waals surface area contributed by atoms with Crippen molar-refractivity contribution in [3.8, 4) is 11.5 Å². The Morgan fingerprint density at radius 3 is 1.11 bits per heavy atom. The fourth-order valence-electron chi connectivity index (χ4n) is 17.9. The van der Waals surface area contributed by atoms with Gasteiger partial charge in [0, 0.05) is 22.3 Å². The van der Waals surface area contributed by atoms with Crippen LogP contribution in [0.5, 0.6) is 11.5 Å². The number of fused-ring (bicyclic) bond motifs is 10. The lowest BCUT2D eigenvalue weighted by atomic mass is 9.55. The van der Waals surface area contributed by atoms with Crippen LogP contribution in [0.2, 0.25) is 0 Å². The number of phenolic OH excluding ortho intramolecular Hbond substituents is 2. The number of aromatic hydroxyl groups is 2. The molecule has 12 heteroatoms. The summed E-state index contributed by atoms with van der Waals surface area (Å²) in [5.41, 5.74) is 14.6. The van der Waals surface area contributed by atoms with Gasteiger partial charge in [0.15, 0.2) is 0 Å². The Hall–Kier alpha value is -6.76. The molecular formula is C68H80N8O4+4. The number of benzene rings is 4. The Kier molecular flexibility index (Phi) is 12.2. The van der Waals surface area contributed by atoms with E-state index in [1.54, 1.807) is 0 Å². The Morgan fingerprint density at radius 2 is 0.762 bits per heavy atom. The van der Waals surface area contributed by atoms with Crippen LogP contribution in [0.1, 0.15) is 157 Å². The van der Waals surface area contributed by atoms with Crippen LogP contribution in [-0.4, -0.2) is 50.9 Å². The molecular weight excluding hydrogens is 993 g/mol. The van der Waals surface area contributed by atoms with Crippen molar-refractivity contribution in [2.75, 3.05) is 0 Å². The topological polar surface area (TPSA) is 116 Å². The standard InChI is InChI=1S/C68H78N8O4/c1-67-21-19-53-55(61(67)15-17-63(67)77)13-11-51-57(53)31-49-37-73-27-23-69(41-73)33-45-3-5-46(6-4-45)34-70-24-28-74(42-70)38-50-32-58-52(12-14-56-54(58)20-22-68(2)62(56)16-18-64(68)78)60(66(50)80)40-76-30-26-72(44-76)36-48-9-7-47(8-10-48)35-71-25-29-75(43-71)39-59(51)65(49)79/h3-10,23-32,41-44,53-56,61-64,77-78H,11-22,33-40H2,1-2H3/q+2/p+2/t53-,54-,55+,56+,61-,62-,63-,64-,67-,68-/m0/s1. The highest BCUT2D eigenvalue weighted by Crippen LogP contribution is 2.63. The molecule has 4 saturated carbocycles. The van der Waals surface area contributed by atoms with Gasteiger partial charge in [0.05, 0.1) is 12.2 Å². The first-order chi connectivity index (χ1) is 38.9. The Labute approximate surface area is 470 Å². The molecule has 0 amide bonds. The van der Waals surface area contributed by atoms with Crippen LogP contribution in [0, 0.1) is 34.5 Å². The maximum atomic E-state index is 12.4. The lowest BCUT2D eigenvalue weighted by Gasteiger charge is -2.50. The molecule has 412 valence electrons. The highest BCUT2D eigenvalue weighted by atomic mass is 16.3. The third-order valence-corrected chi connectivity index (χ3v) is 22.2. The summed E-state index contributed by atoms with van der Waals surface area (Å²) in [4.78, 5) is 0. The minimum Gasteiger partial charge on any atom is -0.507 e. The molecule has 4 fully saturated rings. The van der Waals surface area contributed by atoms with Crippen LogP contribution in [0.25, 0.3) is 0 Å². The van der Waals surface area contributed by atoms with E-state index in [1.807, 2.05) is 0 Å². The molecule has 4 aliphatic heterocycles. The zero-order valence-electron chi connectivity index (χ0n) is 46.8. The van der Waals surface area contributed by atoms with Crippen molar-refractivity contribution in [2.45, 2.75) is 167 Å². The molecule has 6 aliphatic carbocycles. The highest BCUT2D eigenvalue weighted by molar-refractivity contribution is 5.54. The second kappa shape index (κ2) is 19.5. The lowest BCUT2D eigenvalue weighted by Crippen LogP contribution is -2.44. The summed E-state index contributed by atoms with van der Waals surface area (Å²) in [5, 5.41) is 47.3. The van der Waals surface area contributed by atoms with E-state index in [1.165, 1.54) is 44.5 Å². The van der Waals surface area contributed by atoms with Gasteiger partial charge in [0.2, 0.25) is 25.3 Å². The van der Waals surface area contributed by atoms with Crippen LogP contribution < -0.4 is 18.3 Å². The third kappa shape index (κ3) is 8.68. The van der Waals surface area contributed by atoms with Crippen molar-refractivity contribution in [1.82, 2.24) is 18.3 Å². The first-order valence-corrected chi connectivity index (χ1v) is 30.3. The quantitative estimate of drug-likeness (QED) is 0.114. The van der Waals surface area contributed by atoms with Gasteiger partial charge in [-0.15, -0.1) is 0 Å². The average Bonchev–Trinajstić information content (AvgIpc) is 4.50. The van der Waals surface area contributed by atoms with Gasteiger partial charge >= 0.3 is 0 Å². The van der Waals surface area contributed by atoms with Gasteiger partial charge in [0.25, 0.3) is 0 Å². The molecule has 10 aliphatic rings. The van der Waals surface area contributed by atoms with Crippen LogP contribution in [0.3, 0.4) is 0 Å². The Balaban J connectivity index is 0.749. The van der Waals surface area contributed by atoms with E-state index >= 15 is 0 Å². The second-order valence-corrected chi connectivity index (χ2v) is 26.6. The van der Waals surface area contributed by atoms with E-state index in [0.29, 0.717) is 73.2 Å². The van der Waals surface area contributed by atoms with Crippen molar-refractivity contribution in [3.63, 3.8) is 0 Å². The zero-order chi connectivity index (χ0) is 54.0. The number of rotatable bonds is 0. The van der Waals surface area contributed by atoms with Crippen molar-refractivity contribution in [3.05, 3.63) is 202 Å². The predicted octanol–water partition coefficient (Wildman–Crippen LogP) is 8.59. The molecule has 0 unspecified atom stereocenters. The Morgan fingerprint density at radius 1 is 0.425 bits per heavy atom. The lowest BCUT2D eigenvalue weighted by molar-refractivity contribution is -0.688. The molecule has 10 atom stereocenters. The number of aromatic nitrogens is 8. The van der Waals surface area contributed by atoms with Crippen LogP contribution >= 0.6 is 0 Å². The first-order valence-electron chi connectivity index (χ1n) is 30.3. The number of nitrogens with zero attached hydrogens (tertiary/aromatic N) is 8. The molecule has 4 aromatic heterocycles. The van der Waals surface area contributed by atoms with Gasteiger partial charge in [-0.3, -0.25) is 0 Å². The largest absolute Gasteiger partial charge is 0.507 e. The normalized spacial score (nSPS) is 28.9. The van der Waals surface area contributed by atoms with Crippen LogP contribution in [0.15, 0.2) is 136 Å². The summed E-state index contributed by atoms with van der Waals surface area (Å²) < 4.78 is 17.9. The smallest absolute Gasteiger partial charge is 0.244 e. The molecule has 4 aromatic carbocycles. The number of hydrogen-bond donors (Lipinski definition) is 4. The molecule has 12 nitrogen and oxygen atoms in total. The molecule has 0 saturated heterocycles. The van der Waals surface area contributed by atoms with Gasteiger partial charge in [0.1, 0.15) is 113 Å². The minimum atomic E-state index is -0.202. The van der Waals surface area contributed by atoms with Crippen LogP contribution in [-0.2, 0) is 65.2 Å². The molecule has 0 spiro atoms. The van der Waals surface area contributed by atoms with E-state index < -0.39 is 0 Å². The fourth-order valence-corrected chi connectivity index (χ4v) is 17.9. The minimum absolute atomic E-state index is 0.00868. The summed E-state index contributed by atoms with van der Waals surface area (Å²) in [6.45, 7) is 10.1. The maximum absolute atomic E-state index is 12.4. The molecule has 8 aromatic rings. The SMILES string of the molecule is C[C@]12CC[C@@H]3c4cc5c(O)c(c4CC[C@H]3[C@@H]1CC[C@@H]2O)Cn1cc[n+](c1)Cc1ccc(cc1)C[n+]1ccn(c1)Cc1c(O)c(cc2c1CC[C@@H]1[C@@H]2CC[C@]2(C)[C@@H](O)CC[C@@H]12)Cn1cc[n+](c1)Cc1ccc(cc1)C[n+]1ccn(c1)C5. The average molecular weight is 1070 g/mol.